The quantitative estimate of drug-likeness (QED) is 0.712. The van der Waals surface area contributed by atoms with E-state index in [9.17, 15) is 0 Å². The summed E-state index contributed by atoms with van der Waals surface area (Å²) in [4.78, 5) is 0. The molecule has 24 heavy (non-hydrogen) atoms. The number of rotatable bonds is 6. The summed E-state index contributed by atoms with van der Waals surface area (Å²) in [7, 11) is 3.29. The van der Waals surface area contributed by atoms with Crippen molar-refractivity contribution in [3.63, 3.8) is 0 Å². The zero-order valence-corrected chi connectivity index (χ0v) is 16.3. The van der Waals surface area contributed by atoms with Gasteiger partial charge in [-0.3, -0.25) is 0 Å². The first-order chi connectivity index (χ1) is 10.9. The molecular weight excluding hydrogens is 389 g/mol. The monoisotopic (exact) mass is 416 g/mol. The maximum absolute atomic E-state index is 6.86. The van der Waals surface area contributed by atoms with Crippen molar-refractivity contribution in [3.8, 4) is 11.5 Å². The van der Waals surface area contributed by atoms with E-state index in [0.29, 0.717) is 0 Å². The molecule has 130 valence electrons. The van der Waals surface area contributed by atoms with Gasteiger partial charge in [0.1, 0.15) is 11.5 Å². The first-order valence-corrected chi connectivity index (χ1v) is 7.77. The van der Waals surface area contributed by atoms with E-state index < -0.39 is 5.54 Å². The van der Waals surface area contributed by atoms with E-state index in [1.165, 1.54) is 0 Å². The van der Waals surface area contributed by atoms with Crippen molar-refractivity contribution in [2.45, 2.75) is 25.4 Å². The number of hydrogen-bond donors (Lipinski definition) is 2. The van der Waals surface area contributed by atoms with E-state index in [2.05, 4.69) is 13.8 Å². The van der Waals surface area contributed by atoms with Crippen molar-refractivity contribution >= 4 is 0 Å². The first-order valence-electron chi connectivity index (χ1n) is 7.77. The topological polar surface area (TPSA) is 70.5 Å². The van der Waals surface area contributed by atoms with Gasteiger partial charge in [0, 0.05) is 6.04 Å². The molecule has 0 amide bonds. The number of hydrogen-bond acceptors (Lipinski definition) is 4. The molecule has 0 heterocycles. The van der Waals surface area contributed by atoms with Crippen molar-refractivity contribution < 1.29 is 29.0 Å². The molecule has 0 saturated carbocycles. The average molecular weight is 415 g/mol. The number of methoxy groups -OCH3 is 2. The standard InChI is InChI=1S/C19H26N2O2.Ru/c1-13(2)18(20)19(21,14-5-9-16(22-3)10-6-14)15-7-11-17(23-4)12-8-15;/h5-13,18H,20-21H2,1-4H3;/q;+2/t18-;/m1./s1. The molecule has 2 rings (SSSR count). The molecule has 2 aromatic rings. The predicted molar refractivity (Wildman–Crippen MR) is 93.8 cm³/mol. The second-order valence-electron chi connectivity index (χ2n) is 6.10. The van der Waals surface area contributed by atoms with Gasteiger partial charge >= 0.3 is 19.5 Å². The Balaban J connectivity index is 0.00000288. The van der Waals surface area contributed by atoms with Crippen LogP contribution in [-0.2, 0) is 25.0 Å². The van der Waals surface area contributed by atoms with Crippen molar-refractivity contribution in [2.75, 3.05) is 14.2 Å². The summed E-state index contributed by atoms with van der Waals surface area (Å²) in [5.41, 5.74) is 14.5. The Kier molecular flexibility index (Phi) is 7.40. The molecule has 0 aliphatic carbocycles. The van der Waals surface area contributed by atoms with Gasteiger partial charge in [-0.05, 0) is 41.3 Å². The van der Waals surface area contributed by atoms with Crippen LogP contribution in [0.3, 0.4) is 0 Å². The summed E-state index contributed by atoms with van der Waals surface area (Å²) in [6.45, 7) is 4.17. The minimum Gasteiger partial charge on any atom is -0.497 e. The Labute approximate surface area is 157 Å². The van der Waals surface area contributed by atoms with Crippen molar-refractivity contribution in [3.05, 3.63) is 59.7 Å². The zero-order valence-electron chi connectivity index (χ0n) is 14.6. The molecule has 1 atom stereocenters. The minimum atomic E-state index is -0.785. The van der Waals surface area contributed by atoms with E-state index in [4.69, 9.17) is 20.9 Å². The summed E-state index contributed by atoms with van der Waals surface area (Å²) in [6, 6.07) is 15.3. The van der Waals surface area contributed by atoms with Crippen LogP contribution >= 0.6 is 0 Å². The van der Waals surface area contributed by atoms with Crippen LogP contribution in [0.5, 0.6) is 11.5 Å². The molecule has 4 nitrogen and oxygen atoms in total. The van der Waals surface area contributed by atoms with Crippen molar-refractivity contribution in [1.82, 2.24) is 0 Å². The molecule has 0 spiro atoms. The van der Waals surface area contributed by atoms with Gasteiger partial charge < -0.3 is 20.9 Å². The van der Waals surface area contributed by atoms with Crippen LogP contribution in [0.25, 0.3) is 0 Å². The van der Waals surface area contributed by atoms with Gasteiger partial charge in [-0.25, -0.2) is 0 Å². The molecule has 5 heteroatoms. The van der Waals surface area contributed by atoms with E-state index in [0.717, 1.165) is 22.6 Å². The molecule has 0 radical (unpaired) electrons. The van der Waals surface area contributed by atoms with Crippen LogP contribution in [0.4, 0.5) is 0 Å². The second kappa shape index (κ2) is 8.61. The fraction of sp³-hybridized carbons (Fsp3) is 0.368. The Morgan fingerprint density at radius 2 is 1.12 bits per heavy atom. The molecule has 2 aromatic carbocycles. The largest absolute Gasteiger partial charge is 2.00 e. The number of nitrogens with two attached hydrogens (primary N) is 2. The number of benzene rings is 2. The van der Waals surface area contributed by atoms with Gasteiger partial charge in [0.2, 0.25) is 0 Å². The van der Waals surface area contributed by atoms with E-state index >= 15 is 0 Å². The van der Waals surface area contributed by atoms with Crippen molar-refractivity contribution in [1.29, 1.82) is 0 Å². The first kappa shape index (κ1) is 20.6. The molecule has 0 aromatic heterocycles. The maximum Gasteiger partial charge on any atom is 2.00 e. The SMILES string of the molecule is COc1ccc(C(N)(c2ccc(OC)cc2)[C@H](N)C(C)C)cc1.[Ru+2]. The zero-order chi connectivity index (χ0) is 17.0. The summed E-state index contributed by atoms with van der Waals surface area (Å²) >= 11 is 0. The fourth-order valence-electron chi connectivity index (χ4n) is 2.81. The van der Waals surface area contributed by atoms with Gasteiger partial charge in [0.15, 0.2) is 0 Å². The van der Waals surface area contributed by atoms with Crippen LogP contribution in [0.1, 0.15) is 25.0 Å². The smallest absolute Gasteiger partial charge is 0.497 e. The molecule has 0 saturated heterocycles. The summed E-state index contributed by atoms with van der Waals surface area (Å²) in [6.07, 6.45) is 0. The molecule has 4 N–H and O–H groups in total. The van der Waals surface area contributed by atoms with Crippen LogP contribution < -0.4 is 20.9 Å². The van der Waals surface area contributed by atoms with Crippen molar-refractivity contribution in [2.24, 2.45) is 17.4 Å². The van der Waals surface area contributed by atoms with Crippen LogP contribution in [0.2, 0.25) is 0 Å². The van der Waals surface area contributed by atoms with Gasteiger partial charge in [-0.15, -0.1) is 0 Å². The Morgan fingerprint density at radius 1 is 0.792 bits per heavy atom. The molecule has 0 aliphatic heterocycles. The van der Waals surface area contributed by atoms with Crippen LogP contribution in [-0.4, -0.2) is 20.3 Å². The Hall–Kier alpha value is -1.42. The normalized spacial score (nSPS) is 12.5. The molecule has 0 unspecified atom stereocenters. The Bertz CT molecular complexity index is 579. The molecule has 0 aliphatic rings. The third-order valence-corrected chi connectivity index (χ3v) is 4.38. The van der Waals surface area contributed by atoms with Gasteiger partial charge in [0.05, 0.1) is 19.8 Å². The third-order valence-electron chi connectivity index (χ3n) is 4.38. The Morgan fingerprint density at radius 3 is 1.38 bits per heavy atom. The van der Waals surface area contributed by atoms with E-state index in [1.807, 2.05) is 48.5 Å². The third kappa shape index (κ3) is 3.97. The fourth-order valence-corrected chi connectivity index (χ4v) is 2.81. The second-order valence-corrected chi connectivity index (χ2v) is 6.10. The summed E-state index contributed by atoms with van der Waals surface area (Å²) in [5.74, 6) is 1.82. The van der Waals surface area contributed by atoms with Gasteiger partial charge in [-0.1, -0.05) is 38.1 Å². The van der Waals surface area contributed by atoms with Gasteiger partial charge in [0.25, 0.3) is 0 Å². The summed E-state index contributed by atoms with van der Waals surface area (Å²) in [5, 5.41) is 0. The maximum atomic E-state index is 6.86. The molecule has 0 fully saturated rings. The number of ether oxygens (including phenoxy) is 2. The average Bonchev–Trinajstić information content (AvgIpc) is 2.60. The molecule has 0 bridgehead atoms. The summed E-state index contributed by atoms with van der Waals surface area (Å²) < 4.78 is 10.5. The predicted octanol–water partition coefficient (Wildman–Crippen LogP) is 2.89. The van der Waals surface area contributed by atoms with E-state index in [-0.39, 0.29) is 31.4 Å². The van der Waals surface area contributed by atoms with E-state index in [1.54, 1.807) is 14.2 Å². The van der Waals surface area contributed by atoms with Crippen LogP contribution in [0, 0.1) is 5.92 Å². The van der Waals surface area contributed by atoms with Gasteiger partial charge in [-0.2, -0.15) is 0 Å². The van der Waals surface area contributed by atoms with Crippen LogP contribution in [0.15, 0.2) is 48.5 Å². The minimum absolute atomic E-state index is 0. The molecular formula is C19H26N2O2Ru+2.